The number of thiazole rings is 1. The molecule has 24 heavy (non-hydrogen) atoms. The minimum absolute atomic E-state index is 0.125. The highest BCUT2D eigenvalue weighted by atomic mass is 32.1. The number of hydrogen-bond donors (Lipinski definition) is 2. The number of hydrogen-bond acceptors (Lipinski definition) is 5. The van der Waals surface area contributed by atoms with E-state index in [2.05, 4.69) is 15.4 Å². The third-order valence-electron chi connectivity index (χ3n) is 4.58. The van der Waals surface area contributed by atoms with Gasteiger partial charge in [0.1, 0.15) is 0 Å². The lowest BCUT2D eigenvalue weighted by molar-refractivity contribution is 0.0235. The number of fused-ring (bicyclic) bond motifs is 1. The van der Waals surface area contributed by atoms with Crippen molar-refractivity contribution in [3.8, 4) is 0 Å². The van der Waals surface area contributed by atoms with Gasteiger partial charge in [-0.05, 0) is 37.0 Å². The molecule has 1 atom stereocenters. The van der Waals surface area contributed by atoms with Gasteiger partial charge in [0.2, 0.25) is 0 Å². The van der Waals surface area contributed by atoms with Gasteiger partial charge >= 0.3 is 0 Å². The van der Waals surface area contributed by atoms with Crippen LogP contribution in [0, 0.1) is 5.92 Å². The maximum absolute atomic E-state index is 12.7. The van der Waals surface area contributed by atoms with E-state index in [9.17, 15) is 9.90 Å². The van der Waals surface area contributed by atoms with Crippen LogP contribution in [0.1, 0.15) is 34.8 Å². The molecule has 2 N–H and O–H groups in total. The number of nitrogens with zero attached hydrogens (tertiary/aromatic N) is 3. The summed E-state index contributed by atoms with van der Waals surface area (Å²) in [6.45, 7) is 0. The molecule has 0 aliphatic heterocycles. The van der Waals surface area contributed by atoms with E-state index in [1.165, 1.54) is 0 Å². The Labute approximate surface area is 143 Å². The summed E-state index contributed by atoms with van der Waals surface area (Å²) in [5.41, 5.74) is 4.19. The predicted molar refractivity (Wildman–Crippen MR) is 91.8 cm³/mol. The molecule has 1 saturated carbocycles. The van der Waals surface area contributed by atoms with Crippen LogP contribution in [0.25, 0.3) is 10.2 Å². The van der Waals surface area contributed by atoms with E-state index in [4.69, 9.17) is 0 Å². The summed E-state index contributed by atoms with van der Waals surface area (Å²) in [4.78, 5) is 17.0. The van der Waals surface area contributed by atoms with Gasteiger partial charge in [-0.15, -0.1) is 11.3 Å². The first-order valence-corrected chi connectivity index (χ1v) is 8.79. The lowest BCUT2D eigenvalue weighted by Crippen LogP contribution is -2.41. The van der Waals surface area contributed by atoms with Gasteiger partial charge in [0.25, 0.3) is 5.91 Å². The molecule has 0 radical (unpaired) electrons. The quantitative estimate of drug-likeness (QED) is 0.762. The van der Waals surface area contributed by atoms with E-state index in [1.54, 1.807) is 27.7 Å². The van der Waals surface area contributed by atoms with E-state index in [1.807, 2.05) is 31.4 Å². The van der Waals surface area contributed by atoms with Gasteiger partial charge in [-0.2, -0.15) is 5.10 Å². The second kappa shape index (κ2) is 5.99. The predicted octanol–water partition coefficient (Wildman–Crippen LogP) is 2.27. The average Bonchev–Trinajstić information content (AvgIpc) is 3.17. The van der Waals surface area contributed by atoms with Gasteiger partial charge in [-0.1, -0.05) is 0 Å². The number of benzene rings is 1. The SMILES string of the molecule is Cn1cc([C@H](NC(=O)c2ccc3scnc3c2)C2CC(O)C2)cn1. The highest BCUT2D eigenvalue weighted by molar-refractivity contribution is 7.16. The highest BCUT2D eigenvalue weighted by Gasteiger charge is 2.36. The molecule has 1 aromatic carbocycles. The molecular formula is C17H18N4O2S. The summed E-state index contributed by atoms with van der Waals surface area (Å²) >= 11 is 1.56. The van der Waals surface area contributed by atoms with Crippen molar-refractivity contribution in [3.05, 3.63) is 47.2 Å². The monoisotopic (exact) mass is 342 g/mol. The minimum Gasteiger partial charge on any atom is -0.393 e. The highest BCUT2D eigenvalue weighted by Crippen LogP contribution is 2.38. The molecule has 4 rings (SSSR count). The van der Waals surface area contributed by atoms with E-state index in [-0.39, 0.29) is 24.0 Å². The van der Waals surface area contributed by atoms with Gasteiger partial charge in [0.15, 0.2) is 0 Å². The van der Waals surface area contributed by atoms with E-state index in [0.717, 1.165) is 15.8 Å². The fourth-order valence-corrected chi connectivity index (χ4v) is 3.86. The van der Waals surface area contributed by atoms with Crippen LogP contribution < -0.4 is 5.32 Å². The molecule has 2 heterocycles. The minimum atomic E-state index is -0.266. The van der Waals surface area contributed by atoms with Gasteiger partial charge in [0, 0.05) is 24.4 Å². The second-order valence-corrected chi connectivity index (χ2v) is 7.20. The van der Waals surface area contributed by atoms with Crippen LogP contribution in [-0.4, -0.2) is 31.9 Å². The maximum Gasteiger partial charge on any atom is 0.251 e. The van der Waals surface area contributed by atoms with Gasteiger partial charge in [-0.25, -0.2) is 4.98 Å². The zero-order chi connectivity index (χ0) is 16.7. The van der Waals surface area contributed by atoms with Crippen molar-refractivity contribution in [1.82, 2.24) is 20.1 Å². The number of nitrogens with one attached hydrogen (secondary N) is 1. The smallest absolute Gasteiger partial charge is 0.251 e. The summed E-state index contributed by atoms with van der Waals surface area (Å²) in [7, 11) is 1.86. The van der Waals surface area contributed by atoms with Crippen molar-refractivity contribution in [1.29, 1.82) is 0 Å². The first-order valence-electron chi connectivity index (χ1n) is 7.91. The van der Waals surface area contributed by atoms with Crippen LogP contribution in [0.4, 0.5) is 0 Å². The number of amides is 1. The molecule has 0 unspecified atom stereocenters. The van der Waals surface area contributed by atoms with Gasteiger partial charge in [-0.3, -0.25) is 9.48 Å². The van der Waals surface area contributed by atoms with Crippen molar-refractivity contribution < 1.29 is 9.90 Å². The van der Waals surface area contributed by atoms with Crippen LogP contribution in [0.2, 0.25) is 0 Å². The molecule has 1 aliphatic rings. The summed E-state index contributed by atoms with van der Waals surface area (Å²) in [5, 5.41) is 16.9. The van der Waals surface area contributed by atoms with Crippen LogP contribution in [0.3, 0.4) is 0 Å². The lowest BCUT2D eigenvalue weighted by Gasteiger charge is -2.37. The van der Waals surface area contributed by atoms with Crippen LogP contribution in [0.15, 0.2) is 36.1 Å². The second-order valence-electron chi connectivity index (χ2n) is 6.32. The Balaban J connectivity index is 1.58. The van der Waals surface area contributed by atoms with Crippen molar-refractivity contribution in [2.75, 3.05) is 0 Å². The third-order valence-corrected chi connectivity index (χ3v) is 5.39. The average molecular weight is 342 g/mol. The molecule has 1 amide bonds. The molecule has 2 aromatic heterocycles. The Morgan fingerprint density at radius 2 is 2.29 bits per heavy atom. The van der Waals surface area contributed by atoms with Crippen molar-refractivity contribution in [2.45, 2.75) is 25.0 Å². The lowest BCUT2D eigenvalue weighted by atomic mass is 9.75. The van der Waals surface area contributed by atoms with Gasteiger partial charge < -0.3 is 10.4 Å². The Morgan fingerprint density at radius 1 is 1.46 bits per heavy atom. The van der Waals surface area contributed by atoms with E-state index in [0.29, 0.717) is 18.4 Å². The first kappa shape index (κ1) is 15.3. The molecule has 6 nitrogen and oxygen atoms in total. The number of aliphatic hydroxyl groups is 1. The summed E-state index contributed by atoms with van der Waals surface area (Å²) < 4.78 is 2.79. The Bertz CT molecular complexity index is 881. The van der Waals surface area contributed by atoms with Crippen LogP contribution >= 0.6 is 11.3 Å². The third kappa shape index (κ3) is 2.81. The normalized spacial score (nSPS) is 21.4. The van der Waals surface area contributed by atoms with E-state index >= 15 is 0 Å². The van der Waals surface area contributed by atoms with Crippen molar-refractivity contribution >= 4 is 27.5 Å². The van der Waals surface area contributed by atoms with Crippen LogP contribution in [0.5, 0.6) is 0 Å². The molecule has 1 fully saturated rings. The number of rotatable bonds is 4. The number of aliphatic hydroxyl groups excluding tert-OH is 1. The van der Waals surface area contributed by atoms with Crippen molar-refractivity contribution in [3.63, 3.8) is 0 Å². The Kier molecular flexibility index (Phi) is 3.82. The molecule has 0 bridgehead atoms. The first-order chi connectivity index (χ1) is 11.6. The number of aromatic nitrogens is 3. The van der Waals surface area contributed by atoms with Crippen molar-refractivity contribution in [2.24, 2.45) is 13.0 Å². The summed E-state index contributed by atoms with van der Waals surface area (Å²) in [5.74, 6) is 0.108. The number of carbonyl (C=O) groups is 1. The Hall–Kier alpha value is -2.25. The number of aryl methyl sites for hydroxylation is 1. The van der Waals surface area contributed by atoms with Crippen LogP contribution in [-0.2, 0) is 7.05 Å². The topological polar surface area (TPSA) is 80.0 Å². The fraction of sp³-hybridized carbons (Fsp3) is 0.353. The molecule has 124 valence electrons. The standard InChI is InChI=1S/C17H18N4O2S/c1-21-8-12(7-19-21)16(11-4-13(22)5-11)20-17(23)10-2-3-15-14(6-10)18-9-24-15/h2-3,6-9,11,13,16,22H,4-5H2,1H3,(H,20,23)/t11?,13?,16-/m1/s1. The Morgan fingerprint density at radius 3 is 3.00 bits per heavy atom. The maximum atomic E-state index is 12.7. The summed E-state index contributed by atoms with van der Waals surface area (Å²) in [6, 6.07) is 5.43. The van der Waals surface area contributed by atoms with E-state index < -0.39 is 0 Å². The fourth-order valence-electron chi connectivity index (χ4n) is 3.20. The molecule has 3 aromatic rings. The van der Waals surface area contributed by atoms with Gasteiger partial charge in [0.05, 0.1) is 34.1 Å². The molecular weight excluding hydrogens is 324 g/mol. The molecule has 7 heteroatoms. The number of carbonyl (C=O) groups excluding carboxylic acids is 1. The molecule has 1 aliphatic carbocycles. The molecule has 0 spiro atoms. The molecule has 0 saturated heterocycles. The zero-order valence-electron chi connectivity index (χ0n) is 13.2. The zero-order valence-corrected chi connectivity index (χ0v) is 14.0. The summed E-state index contributed by atoms with van der Waals surface area (Å²) in [6.07, 6.45) is 4.83. The largest absolute Gasteiger partial charge is 0.393 e.